The zero-order valence-corrected chi connectivity index (χ0v) is 14.5. The summed E-state index contributed by atoms with van der Waals surface area (Å²) >= 11 is 0. The number of nitrogens with one attached hydrogen (secondary N) is 1. The van der Waals surface area contributed by atoms with Crippen LogP contribution in [0, 0.1) is 0 Å². The second-order valence-corrected chi connectivity index (χ2v) is 6.57. The molecule has 0 radical (unpaired) electrons. The van der Waals surface area contributed by atoms with E-state index in [4.69, 9.17) is 0 Å². The molecule has 1 aromatic heterocycles. The molecule has 25 heavy (non-hydrogen) atoms. The van der Waals surface area contributed by atoms with Crippen molar-refractivity contribution in [1.82, 2.24) is 20.0 Å². The van der Waals surface area contributed by atoms with Crippen LogP contribution in [0.1, 0.15) is 24.0 Å². The Balaban J connectivity index is 1.41. The van der Waals surface area contributed by atoms with Crippen molar-refractivity contribution < 1.29 is 9.59 Å². The maximum Gasteiger partial charge on any atom is 0.224 e. The van der Waals surface area contributed by atoms with Gasteiger partial charge in [0.25, 0.3) is 0 Å². The van der Waals surface area contributed by atoms with Crippen LogP contribution in [0.5, 0.6) is 0 Å². The molecule has 0 saturated carbocycles. The minimum absolute atomic E-state index is 0.00781. The summed E-state index contributed by atoms with van der Waals surface area (Å²) in [7, 11) is 1.86. The maximum atomic E-state index is 12.1. The quantitative estimate of drug-likeness (QED) is 0.826. The summed E-state index contributed by atoms with van der Waals surface area (Å²) in [5.74, 6) is 0.111. The summed E-state index contributed by atoms with van der Waals surface area (Å²) in [5, 5.41) is 7.08. The third-order valence-corrected chi connectivity index (χ3v) is 4.49. The number of nitrogens with zero attached hydrogens (tertiary/aromatic N) is 3. The number of benzene rings is 1. The van der Waals surface area contributed by atoms with E-state index in [9.17, 15) is 9.59 Å². The van der Waals surface area contributed by atoms with Crippen LogP contribution in [0.15, 0.2) is 42.7 Å². The molecule has 1 fully saturated rings. The smallest absolute Gasteiger partial charge is 0.224 e. The Hall–Kier alpha value is -2.63. The van der Waals surface area contributed by atoms with Gasteiger partial charge in [-0.3, -0.25) is 14.3 Å². The van der Waals surface area contributed by atoms with E-state index in [-0.39, 0.29) is 17.9 Å². The number of likely N-dealkylation sites (tertiary alicyclic amines) is 1. The Morgan fingerprint density at radius 1 is 1.24 bits per heavy atom. The molecule has 0 unspecified atom stereocenters. The summed E-state index contributed by atoms with van der Waals surface area (Å²) in [6.07, 6.45) is 6.01. The van der Waals surface area contributed by atoms with Crippen LogP contribution in [-0.4, -0.2) is 45.6 Å². The lowest BCUT2D eigenvalue weighted by Crippen LogP contribution is -2.37. The average molecular weight is 340 g/mol. The van der Waals surface area contributed by atoms with Gasteiger partial charge < -0.3 is 10.2 Å². The molecule has 0 bridgehead atoms. The Morgan fingerprint density at radius 3 is 2.76 bits per heavy atom. The topological polar surface area (TPSA) is 67.2 Å². The second-order valence-electron chi connectivity index (χ2n) is 6.57. The minimum Gasteiger partial charge on any atom is -0.351 e. The van der Waals surface area contributed by atoms with Gasteiger partial charge in [-0.15, -0.1) is 0 Å². The van der Waals surface area contributed by atoms with Gasteiger partial charge in [-0.1, -0.05) is 30.3 Å². The van der Waals surface area contributed by atoms with Crippen molar-refractivity contribution in [3.63, 3.8) is 0 Å². The molecule has 6 heteroatoms. The largest absolute Gasteiger partial charge is 0.351 e. The first kappa shape index (κ1) is 17.2. The molecule has 132 valence electrons. The highest BCUT2D eigenvalue weighted by molar-refractivity contribution is 5.82. The third-order valence-electron chi connectivity index (χ3n) is 4.49. The molecule has 2 amide bonds. The lowest BCUT2D eigenvalue weighted by atomic mass is 10.1. The first-order valence-corrected chi connectivity index (χ1v) is 8.69. The van der Waals surface area contributed by atoms with E-state index in [0.29, 0.717) is 32.4 Å². The number of carbonyl (C=O) groups excluding carboxylic acids is 2. The fourth-order valence-electron chi connectivity index (χ4n) is 3.15. The average Bonchev–Trinajstić information content (AvgIpc) is 3.17. The molecular formula is C19H24N4O2. The molecule has 1 aromatic carbocycles. The number of aromatic nitrogens is 2. The predicted octanol–water partition coefficient (Wildman–Crippen LogP) is 1.31. The molecule has 3 rings (SSSR count). The van der Waals surface area contributed by atoms with Gasteiger partial charge in [-0.2, -0.15) is 5.10 Å². The van der Waals surface area contributed by atoms with Crippen molar-refractivity contribution in [2.75, 3.05) is 13.1 Å². The SMILES string of the molecule is Cn1cc(CCC(=O)N[C@@H]2CC(=O)N(CCc3ccccc3)C2)cn1. The van der Waals surface area contributed by atoms with Gasteiger partial charge in [-0.05, 0) is 24.0 Å². The van der Waals surface area contributed by atoms with Crippen molar-refractivity contribution >= 4 is 11.8 Å². The summed E-state index contributed by atoms with van der Waals surface area (Å²) in [6, 6.07) is 10.1. The Kier molecular flexibility index (Phi) is 5.48. The number of aryl methyl sites for hydroxylation is 2. The first-order valence-electron chi connectivity index (χ1n) is 8.69. The minimum atomic E-state index is -0.0790. The lowest BCUT2D eigenvalue weighted by molar-refractivity contribution is -0.127. The Morgan fingerprint density at radius 2 is 2.04 bits per heavy atom. The lowest BCUT2D eigenvalue weighted by Gasteiger charge is -2.17. The molecule has 0 aliphatic carbocycles. The molecule has 1 atom stereocenters. The fourth-order valence-corrected chi connectivity index (χ4v) is 3.15. The van der Waals surface area contributed by atoms with Crippen LogP contribution in [-0.2, 0) is 29.5 Å². The molecule has 1 N–H and O–H groups in total. The molecule has 1 aliphatic heterocycles. The van der Waals surface area contributed by atoms with Crippen molar-refractivity contribution in [3.05, 3.63) is 53.9 Å². The number of hydrogen-bond donors (Lipinski definition) is 1. The zero-order chi connectivity index (χ0) is 17.6. The molecule has 2 heterocycles. The van der Waals surface area contributed by atoms with Gasteiger partial charge in [0.2, 0.25) is 11.8 Å². The van der Waals surface area contributed by atoms with Gasteiger partial charge in [0.15, 0.2) is 0 Å². The van der Waals surface area contributed by atoms with Crippen LogP contribution in [0.4, 0.5) is 0 Å². The second kappa shape index (κ2) is 7.96. The van der Waals surface area contributed by atoms with Gasteiger partial charge in [0.05, 0.1) is 12.2 Å². The molecule has 1 saturated heterocycles. The van der Waals surface area contributed by atoms with Gasteiger partial charge in [0, 0.05) is 39.2 Å². The molecule has 6 nitrogen and oxygen atoms in total. The molecule has 0 spiro atoms. The van der Waals surface area contributed by atoms with Gasteiger partial charge in [0.1, 0.15) is 0 Å². The van der Waals surface area contributed by atoms with E-state index in [2.05, 4.69) is 22.5 Å². The molecule has 2 aromatic rings. The third kappa shape index (κ3) is 4.92. The maximum absolute atomic E-state index is 12.1. The van der Waals surface area contributed by atoms with E-state index in [1.165, 1.54) is 5.56 Å². The van der Waals surface area contributed by atoms with E-state index in [1.807, 2.05) is 36.3 Å². The highest BCUT2D eigenvalue weighted by Gasteiger charge is 2.30. The van der Waals surface area contributed by atoms with E-state index < -0.39 is 0 Å². The summed E-state index contributed by atoms with van der Waals surface area (Å²) < 4.78 is 1.73. The van der Waals surface area contributed by atoms with E-state index >= 15 is 0 Å². The van der Waals surface area contributed by atoms with E-state index in [1.54, 1.807) is 10.9 Å². The highest BCUT2D eigenvalue weighted by Crippen LogP contribution is 2.13. The van der Waals surface area contributed by atoms with Crippen molar-refractivity contribution in [2.24, 2.45) is 7.05 Å². The van der Waals surface area contributed by atoms with Crippen LogP contribution < -0.4 is 5.32 Å². The monoisotopic (exact) mass is 340 g/mol. The normalized spacial score (nSPS) is 17.1. The Bertz CT molecular complexity index is 726. The predicted molar refractivity (Wildman–Crippen MR) is 94.8 cm³/mol. The summed E-state index contributed by atoms with van der Waals surface area (Å²) in [6.45, 7) is 1.30. The summed E-state index contributed by atoms with van der Waals surface area (Å²) in [4.78, 5) is 26.1. The fraction of sp³-hybridized carbons (Fsp3) is 0.421. The number of hydrogen-bond acceptors (Lipinski definition) is 3. The van der Waals surface area contributed by atoms with Crippen LogP contribution in [0.2, 0.25) is 0 Å². The standard InChI is InChI=1S/C19H24N4O2/c1-22-13-16(12-20-22)7-8-18(24)21-17-11-19(25)23(14-17)10-9-15-5-3-2-4-6-15/h2-6,12-13,17H,7-11,14H2,1H3,(H,21,24)/t17-/m1/s1. The number of carbonyl (C=O) groups is 2. The zero-order valence-electron chi connectivity index (χ0n) is 14.5. The molecule has 1 aliphatic rings. The number of amides is 2. The number of rotatable bonds is 7. The van der Waals surface area contributed by atoms with Crippen molar-refractivity contribution in [2.45, 2.75) is 31.7 Å². The first-order chi connectivity index (χ1) is 12.1. The van der Waals surface area contributed by atoms with Gasteiger partial charge in [-0.25, -0.2) is 0 Å². The highest BCUT2D eigenvalue weighted by atomic mass is 16.2. The van der Waals surface area contributed by atoms with Crippen molar-refractivity contribution in [3.8, 4) is 0 Å². The van der Waals surface area contributed by atoms with Gasteiger partial charge >= 0.3 is 0 Å². The summed E-state index contributed by atoms with van der Waals surface area (Å²) in [5.41, 5.74) is 2.27. The van der Waals surface area contributed by atoms with Crippen LogP contribution in [0.3, 0.4) is 0 Å². The molecular weight excluding hydrogens is 316 g/mol. The van der Waals surface area contributed by atoms with Crippen LogP contribution >= 0.6 is 0 Å². The Labute approximate surface area is 147 Å². The van der Waals surface area contributed by atoms with Crippen molar-refractivity contribution in [1.29, 1.82) is 0 Å². The van der Waals surface area contributed by atoms with E-state index in [0.717, 1.165) is 12.0 Å². The van der Waals surface area contributed by atoms with Crippen LogP contribution in [0.25, 0.3) is 0 Å².